The van der Waals surface area contributed by atoms with Gasteiger partial charge in [0.2, 0.25) is 0 Å². The van der Waals surface area contributed by atoms with Crippen LogP contribution in [0.25, 0.3) is 0 Å². The van der Waals surface area contributed by atoms with Crippen molar-refractivity contribution < 1.29 is 0 Å². The lowest BCUT2D eigenvalue weighted by Crippen LogP contribution is -2.29. The van der Waals surface area contributed by atoms with Crippen LogP contribution in [0.4, 0.5) is 5.82 Å². The molecule has 0 saturated heterocycles. The second-order valence-electron chi connectivity index (χ2n) is 4.36. The monoisotopic (exact) mass is 190 g/mol. The van der Waals surface area contributed by atoms with Crippen molar-refractivity contribution in [2.75, 3.05) is 11.9 Å². The molecule has 1 fully saturated rings. The highest BCUT2D eigenvalue weighted by Gasteiger charge is 2.25. The van der Waals surface area contributed by atoms with Gasteiger partial charge in [0, 0.05) is 12.2 Å². The molecule has 0 unspecified atom stereocenters. The van der Waals surface area contributed by atoms with E-state index in [-0.39, 0.29) is 0 Å². The molecule has 0 spiro atoms. The molecule has 0 amide bonds. The number of nitrogens with zero attached hydrogens (tertiary/aromatic N) is 1. The molecule has 0 radical (unpaired) electrons. The lowest BCUT2D eigenvalue weighted by Gasteiger charge is -2.34. The van der Waals surface area contributed by atoms with Gasteiger partial charge in [-0.3, -0.25) is 0 Å². The lowest BCUT2D eigenvalue weighted by molar-refractivity contribution is 0.210. The molecular formula is C12H18N2. The van der Waals surface area contributed by atoms with E-state index in [4.69, 9.17) is 0 Å². The second-order valence-corrected chi connectivity index (χ2v) is 4.36. The normalized spacial score (nSPS) is 25.6. The summed E-state index contributed by atoms with van der Waals surface area (Å²) in [5, 5.41) is 3.41. The molecule has 2 atom stereocenters. The third kappa shape index (κ3) is 2.06. The molecule has 2 rings (SSSR count). The van der Waals surface area contributed by atoms with Crippen molar-refractivity contribution in [2.24, 2.45) is 11.8 Å². The summed E-state index contributed by atoms with van der Waals surface area (Å²) in [5.74, 6) is 2.77. The number of pyridine rings is 1. The van der Waals surface area contributed by atoms with Crippen LogP contribution in [-0.2, 0) is 0 Å². The first-order valence-corrected chi connectivity index (χ1v) is 5.43. The van der Waals surface area contributed by atoms with Crippen LogP contribution in [0, 0.1) is 18.8 Å². The molecular weight excluding hydrogens is 172 g/mol. The summed E-state index contributed by atoms with van der Waals surface area (Å²) in [6.45, 7) is 5.44. The van der Waals surface area contributed by atoms with E-state index in [1.807, 2.05) is 19.1 Å². The van der Waals surface area contributed by atoms with Gasteiger partial charge >= 0.3 is 0 Å². The Kier molecular flexibility index (Phi) is 2.71. The zero-order valence-electron chi connectivity index (χ0n) is 8.96. The van der Waals surface area contributed by atoms with Gasteiger partial charge in [-0.15, -0.1) is 0 Å². The van der Waals surface area contributed by atoms with Gasteiger partial charge in [0.15, 0.2) is 0 Å². The van der Waals surface area contributed by atoms with Crippen LogP contribution in [0.15, 0.2) is 18.2 Å². The molecule has 1 aliphatic rings. The molecule has 1 heterocycles. The van der Waals surface area contributed by atoms with Crippen LogP contribution in [0.5, 0.6) is 0 Å². The first kappa shape index (κ1) is 9.50. The number of aryl methyl sites for hydroxylation is 1. The molecule has 0 bridgehead atoms. The Hall–Kier alpha value is -1.05. The summed E-state index contributed by atoms with van der Waals surface area (Å²) < 4.78 is 0. The van der Waals surface area contributed by atoms with Gasteiger partial charge in [0.1, 0.15) is 5.82 Å². The third-order valence-corrected chi connectivity index (χ3v) is 3.23. The SMILES string of the molecule is Cc1cccc(NC[C@H]2CC[C@H]2C)n1. The van der Waals surface area contributed by atoms with Gasteiger partial charge in [-0.05, 0) is 37.3 Å². The van der Waals surface area contributed by atoms with Crippen LogP contribution >= 0.6 is 0 Å². The van der Waals surface area contributed by atoms with E-state index in [0.717, 1.165) is 29.9 Å². The van der Waals surface area contributed by atoms with Gasteiger partial charge < -0.3 is 5.32 Å². The van der Waals surface area contributed by atoms with Crippen molar-refractivity contribution >= 4 is 5.82 Å². The van der Waals surface area contributed by atoms with E-state index >= 15 is 0 Å². The van der Waals surface area contributed by atoms with Crippen molar-refractivity contribution in [3.8, 4) is 0 Å². The fourth-order valence-electron chi connectivity index (χ4n) is 1.92. The maximum Gasteiger partial charge on any atom is 0.126 e. The maximum absolute atomic E-state index is 4.42. The average Bonchev–Trinajstić information content (AvgIpc) is 2.16. The Labute approximate surface area is 85.7 Å². The Morgan fingerprint density at radius 1 is 1.43 bits per heavy atom. The highest BCUT2D eigenvalue weighted by molar-refractivity contribution is 5.35. The molecule has 14 heavy (non-hydrogen) atoms. The van der Waals surface area contributed by atoms with Crippen LogP contribution in [-0.4, -0.2) is 11.5 Å². The van der Waals surface area contributed by atoms with Crippen molar-refractivity contribution in [3.05, 3.63) is 23.9 Å². The quantitative estimate of drug-likeness (QED) is 0.792. The van der Waals surface area contributed by atoms with E-state index < -0.39 is 0 Å². The number of aromatic nitrogens is 1. The van der Waals surface area contributed by atoms with Crippen LogP contribution < -0.4 is 5.32 Å². The summed E-state index contributed by atoms with van der Waals surface area (Å²) in [6.07, 6.45) is 2.77. The molecule has 1 aliphatic carbocycles. The highest BCUT2D eigenvalue weighted by atomic mass is 15.0. The van der Waals surface area contributed by atoms with E-state index in [9.17, 15) is 0 Å². The molecule has 0 aliphatic heterocycles. The van der Waals surface area contributed by atoms with E-state index in [2.05, 4.69) is 23.3 Å². The lowest BCUT2D eigenvalue weighted by atomic mass is 9.75. The fourth-order valence-corrected chi connectivity index (χ4v) is 1.92. The number of hydrogen-bond donors (Lipinski definition) is 1. The predicted octanol–water partition coefficient (Wildman–Crippen LogP) is 2.85. The van der Waals surface area contributed by atoms with E-state index in [0.29, 0.717) is 0 Å². The third-order valence-electron chi connectivity index (χ3n) is 3.23. The second kappa shape index (κ2) is 3.99. The summed E-state index contributed by atoms with van der Waals surface area (Å²) in [5.41, 5.74) is 1.08. The predicted molar refractivity (Wildman–Crippen MR) is 59.4 cm³/mol. The van der Waals surface area contributed by atoms with Crippen molar-refractivity contribution in [1.82, 2.24) is 4.98 Å². The highest BCUT2D eigenvalue weighted by Crippen LogP contribution is 2.33. The molecule has 1 saturated carbocycles. The molecule has 0 aromatic carbocycles. The fraction of sp³-hybridized carbons (Fsp3) is 0.583. The average molecular weight is 190 g/mol. The van der Waals surface area contributed by atoms with E-state index in [1.165, 1.54) is 12.8 Å². The number of nitrogens with one attached hydrogen (secondary N) is 1. The number of hydrogen-bond acceptors (Lipinski definition) is 2. The molecule has 76 valence electrons. The minimum absolute atomic E-state index is 0.859. The van der Waals surface area contributed by atoms with Crippen LogP contribution in [0.2, 0.25) is 0 Å². The zero-order valence-corrected chi connectivity index (χ0v) is 8.96. The van der Waals surface area contributed by atoms with Gasteiger partial charge in [0.25, 0.3) is 0 Å². The minimum atomic E-state index is 0.859. The standard InChI is InChI=1S/C12H18N2/c1-9-6-7-11(9)8-13-12-5-3-4-10(2)14-12/h3-5,9,11H,6-8H2,1-2H3,(H,13,14)/t9-,11-/m1/s1. The van der Waals surface area contributed by atoms with Gasteiger partial charge in [-0.25, -0.2) is 4.98 Å². The van der Waals surface area contributed by atoms with Crippen LogP contribution in [0.3, 0.4) is 0 Å². The van der Waals surface area contributed by atoms with Gasteiger partial charge in [-0.1, -0.05) is 19.4 Å². The first-order chi connectivity index (χ1) is 6.75. The number of anilines is 1. The Balaban J connectivity index is 1.85. The Bertz CT molecular complexity index is 309. The van der Waals surface area contributed by atoms with Crippen molar-refractivity contribution in [1.29, 1.82) is 0 Å². The summed E-state index contributed by atoms with van der Waals surface area (Å²) in [6, 6.07) is 6.11. The number of rotatable bonds is 3. The van der Waals surface area contributed by atoms with Crippen LogP contribution in [0.1, 0.15) is 25.5 Å². The topological polar surface area (TPSA) is 24.9 Å². The molecule has 2 nitrogen and oxygen atoms in total. The smallest absolute Gasteiger partial charge is 0.126 e. The van der Waals surface area contributed by atoms with Gasteiger partial charge in [-0.2, -0.15) is 0 Å². The first-order valence-electron chi connectivity index (χ1n) is 5.43. The summed E-state index contributed by atoms with van der Waals surface area (Å²) in [4.78, 5) is 4.42. The molecule has 1 aromatic rings. The molecule has 1 aromatic heterocycles. The van der Waals surface area contributed by atoms with E-state index in [1.54, 1.807) is 0 Å². The zero-order chi connectivity index (χ0) is 9.97. The Morgan fingerprint density at radius 2 is 2.29 bits per heavy atom. The Morgan fingerprint density at radius 3 is 2.86 bits per heavy atom. The van der Waals surface area contributed by atoms with Crippen molar-refractivity contribution in [3.63, 3.8) is 0 Å². The van der Waals surface area contributed by atoms with Gasteiger partial charge in [0.05, 0.1) is 0 Å². The summed E-state index contributed by atoms with van der Waals surface area (Å²) in [7, 11) is 0. The molecule has 2 heteroatoms. The van der Waals surface area contributed by atoms with Crippen molar-refractivity contribution in [2.45, 2.75) is 26.7 Å². The maximum atomic E-state index is 4.42. The summed E-state index contributed by atoms with van der Waals surface area (Å²) >= 11 is 0. The molecule has 1 N–H and O–H groups in total. The minimum Gasteiger partial charge on any atom is -0.370 e. The largest absolute Gasteiger partial charge is 0.370 e.